The minimum Gasteiger partial charge on any atom is -0.481 e. The molecule has 1 aromatic carbocycles. The van der Waals surface area contributed by atoms with Crippen molar-refractivity contribution in [1.82, 2.24) is 15.4 Å². The number of halogens is 1. The number of aromatic nitrogens is 2. The number of benzene rings is 1. The lowest BCUT2D eigenvalue weighted by Crippen LogP contribution is -2.29. The number of nitrogens with zero attached hydrogens (tertiary/aromatic N) is 2. The molecule has 0 aliphatic heterocycles. The van der Waals surface area contributed by atoms with Crippen LogP contribution in [0.15, 0.2) is 41.1 Å². The summed E-state index contributed by atoms with van der Waals surface area (Å²) in [5.41, 5.74) is 3.35. The van der Waals surface area contributed by atoms with E-state index in [-0.39, 0.29) is 5.58 Å². The molecule has 1 unspecified atom stereocenters. The van der Waals surface area contributed by atoms with Gasteiger partial charge in [-0.2, -0.15) is 0 Å². The highest BCUT2D eigenvalue weighted by Crippen LogP contribution is 2.29. The molecule has 0 saturated heterocycles. The first-order valence-corrected chi connectivity index (χ1v) is 6.23. The molecule has 1 atom stereocenters. The van der Waals surface area contributed by atoms with E-state index in [0.29, 0.717) is 22.7 Å². The maximum absolute atomic E-state index is 13.7. The van der Waals surface area contributed by atoms with Crippen molar-refractivity contribution in [3.8, 4) is 5.88 Å². The van der Waals surface area contributed by atoms with Crippen LogP contribution in [0, 0.1) is 5.82 Å². The number of furan rings is 1. The van der Waals surface area contributed by atoms with Gasteiger partial charge >= 0.3 is 0 Å². The standard InChI is InChI=1S/C14H13FN4O2/c1-20-12-6-10(17-7-18-12)13(19-16)11-5-8-3-2-4-9(15)14(8)21-11/h2-7,13,19H,16H2,1H3. The smallest absolute Gasteiger partial charge is 0.216 e. The number of rotatable bonds is 4. The second kappa shape index (κ2) is 5.47. The second-order valence-electron chi connectivity index (χ2n) is 4.39. The van der Waals surface area contributed by atoms with E-state index >= 15 is 0 Å². The summed E-state index contributed by atoms with van der Waals surface area (Å²) < 4.78 is 24.3. The summed E-state index contributed by atoms with van der Waals surface area (Å²) >= 11 is 0. The summed E-state index contributed by atoms with van der Waals surface area (Å²) in [5, 5.41) is 0.659. The van der Waals surface area contributed by atoms with Crippen molar-refractivity contribution in [3.63, 3.8) is 0 Å². The van der Waals surface area contributed by atoms with Crippen molar-refractivity contribution in [1.29, 1.82) is 0 Å². The highest BCUT2D eigenvalue weighted by Gasteiger charge is 2.20. The Balaban J connectivity index is 2.07. The van der Waals surface area contributed by atoms with Crippen LogP contribution < -0.4 is 16.0 Å². The molecule has 0 radical (unpaired) electrons. The van der Waals surface area contributed by atoms with Crippen molar-refractivity contribution >= 4 is 11.0 Å². The fraction of sp³-hybridized carbons (Fsp3) is 0.143. The van der Waals surface area contributed by atoms with E-state index in [2.05, 4.69) is 15.4 Å². The minimum atomic E-state index is -0.534. The number of fused-ring (bicyclic) bond motifs is 1. The zero-order valence-electron chi connectivity index (χ0n) is 11.2. The van der Waals surface area contributed by atoms with Gasteiger partial charge in [0.15, 0.2) is 11.4 Å². The second-order valence-corrected chi connectivity index (χ2v) is 4.39. The summed E-state index contributed by atoms with van der Waals surface area (Å²) in [7, 11) is 1.51. The van der Waals surface area contributed by atoms with Crippen LogP contribution in [0.25, 0.3) is 11.0 Å². The predicted molar refractivity (Wildman–Crippen MR) is 73.9 cm³/mol. The van der Waals surface area contributed by atoms with Gasteiger partial charge in [0.25, 0.3) is 0 Å². The van der Waals surface area contributed by atoms with E-state index in [1.54, 1.807) is 24.3 Å². The maximum atomic E-state index is 13.7. The number of para-hydroxylation sites is 1. The molecule has 0 aliphatic carbocycles. The molecule has 0 saturated carbocycles. The summed E-state index contributed by atoms with van der Waals surface area (Å²) in [5.74, 6) is 6.02. The van der Waals surface area contributed by atoms with Crippen LogP contribution in [0.5, 0.6) is 5.88 Å². The van der Waals surface area contributed by atoms with Gasteiger partial charge in [0.05, 0.1) is 12.8 Å². The lowest BCUT2D eigenvalue weighted by molar-refractivity contribution is 0.393. The zero-order chi connectivity index (χ0) is 14.8. The van der Waals surface area contributed by atoms with E-state index in [1.807, 2.05) is 0 Å². The van der Waals surface area contributed by atoms with Crippen LogP contribution in [0.3, 0.4) is 0 Å². The molecule has 0 aliphatic rings. The number of ether oxygens (including phenoxy) is 1. The quantitative estimate of drug-likeness (QED) is 0.563. The van der Waals surface area contributed by atoms with Gasteiger partial charge in [-0.15, -0.1) is 0 Å². The number of hydrazine groups is 1. The molecule has 6 nitrogen and oxygen atoms in total. The molecule has 2 aromatic heterocycles. The van der Waals surface area contributed by atoms with E-state index in [1.165, 1.54) is 19.5 Å². The Labute approximate surface area is 119 Å². The third-order valence-corrected chi connectivity index (χ3v) is 3.13. The largest absolute Gasteiger partial charge is 0.481 e. The summed E-state index contributed by atoms with van der Waals surface area (Å²) in [6.45, 7) is 0. The average molecular weight is 288 g/mol. The molecule has 0 spiro atoms. The number of nitrogens with two attached hydrogens (primary N) is 1. The van der Waals surface area contributed by atoms with Gasteiger partial charge in [-0.3, -0.25) is 5.84 Å². The van der Waals surface area contributed by atoms with Crippen LogP contribution in [0.1, 0.15) is 17.5 Å². The molecule has 7 heteroatoms. The van der Waals surface area contributed by atoms with E-state index in [4.69, 9.17) is 15.0 Å². The van der Waals surface area contributed by atoms with Crippen molar-refractivity contribution in [3.05, 3.63) is 53.9 Å². The van der Waals surface area contributed by atoms with Crippen LogP contribution in [0.2, 0.25) is 0 Å². The molecule has 3 rings (SSSR count). The fourth-order valence-electron chi connectivity index (χ4n) is 2.13. The third kappa shape index (κ3) is 2.44. The number of hydrogen-bond acceptors (Lipinski definition) is 6. The molecule has 0 fully saturated rings. The molecule has 108 valence electrons. The average Bonchev–Trinajstić information content (AvgIpc) is 2.93. The fourth-order valence-corrected chi connectivity index (χ4v) is 2.13. The Morgan fingerprint density at radius 3 is 2.90 bits per heavy atom. The van der Waals surface area contributed by atoms with Crippen molar-refractivity contribution in [2.45, 2.75) is 6.04 Å². The van der Waals surface area contributed by atoms with Gasteiger partial charge in [0.2, 0.25) is 5.88 Å². The Morgan fingerprint density at radius 2 is 2.19 bits per heavy atom. The lowest BCUT2D eigenvalue weighted by atomic mass is 10.1. The van der Waals surface area contributed by atoms with Gasteiger partial charge in [0, 0.05) is 11.5 Å². The van der Waals surface area contributed by atoms with Crippen LogP contribution in [0.4, 0.5) is 4.39 Å². The monoisotopic (exact) mass is 288 g/mol. The molecular formula is C14H13FN4O2. The molecule has 21 heavy (non-hydrogen) atoms. The predicted octanol–water partition coefficient (Wildman–Crippen LogP) is 1.92. The highest BCUT2D eigenvalue weighted by atomic mass is 19.1. The Hall–Kier alpha value is -2.51. The maximum Gasteiger partial charge on any atom is 0.216 e. The van der Waals surface area contributed by atoms with Crippen molar-refractivity contribution in [2.24, 2.45) is 5.84 Å². The summed E-state index contributed by atoms with van der Waals surface area (Å²) in [6.07, 6.45) is 1.36. The van der Waals surface area contributed by atoms with Gasteiger partial charge < -0.3 is 9.15 Å². The summed E-state index contributed by atoms with van der Waals surface area (Å²) in [4.78, 5) is 8.07. The molecule has 2 heterocycles. The van der Waals surface area contributed by atoms with Crippen LogP contribution in [-0.2, 0) is 0 Å². The van der Waals surface area contributed by atoms with Crippen molar-refractivity contribution in [2.75, 3.05) is 7.11 Å². The van der Waals surface area contributed by atoms with Crippen LogP contribution >= 0.6 is 0 Å². The molecular weight excluding hydrogens is 275 g/mol. The van der Waals surface area contributed by atoms with Gasteiger partial charge in [-0.1, -0.05) is 12.1 Å². The van der Waals surface area contributed by atoms with Gasteiger partial charge in [-0.05, 0) is 12.1 Å². The SMILES string of the molecule is COc1cc(C(NN)c2cc3cccc(F)c3o2)ncn1. The first kappa shape index (κ1) is 13.5. The topological polar surface area (TPSA) is 86.2 Å². The minimum absolute atomic E-state index is 0.189. The van der Waals surface area contributed by atoms with E-state index in [9.17, 15) is 4.39 Å². The number of hydrogen-bond donors (Lipinski definition) is 2. The highest BCUT2D eigenvalue weighted by molar-refractivity contribution is 5.78. The first-order valence-electron chi connectivity index (χ1n) is 6.23. The van der Waals surface area contributed by atoms with Gasteiger partial charge in [0.1, 0.15) is 18.1 Å². The Morgan fingerprint density at radius 1 is 1.33 bits per heavy atom. The molecule has 3 N–H and O–H groups in total. The Bertz CT molecular complexity index is 775. The van der Waals surface area contributed by atoms with E-state index in [0.717, 1.165) is 0 Å². The van der Waals surface area contributed by atoms with Gasteiger partial charge in [-0.25, -0.2) is 19.8 Å². The van der Waals surface area contributed by atoms with Crippen molar-refractivity contribution < 1.29 is 13.5 Å². The molecule has 0 bridgehead atoms. The molecule has 0 amide bonds. The normalized spacial score (nSPS) is 12.5. The zero-order valence-corrected chi connectivity index (χ0v) is 11.2. The number of methoxy groups -OCH3 is 1. The first-order chi connectivity index (χ1) is 10.2. The summed E-state index contributed by atoms with van der Waals surface area (Å²) in [6, 6.07) is 7.54. The van der Waals surface area contributed by atoms with E-state index < -0.39 is 11.9 Å². The lowest BCUT2D eigenvalue weighted by Gasteiger charge is -2.12. The third-order valence-electron chi connectivity index (χ3n) is 3.13. The molecule has 3 aromatic rings. The van der Waals surface area contributed by atoms with Crippen LogP contribution in [-0.4, -0.2) is 17.1 Å². The number of nitrogens with one attached hydrogen (secondary N) is 1. The Kier molecular flexibility index (Phi) is 3.51.